The molecule has 0 aliphatic rings. The Labute approximate surface area is 125 Å². The van der Waals surface area contributed by atoms with Crippen molar-refractivity contribution in [1.29, 1.82) is 0 Å². The normalized spacial score (nSPS) is 11.3. The van der Waals surface area contributed by atoms with Crippen LogP contribution in [0, 0.1) is 10.5 Å². The van der Waals surface area contributed by atoms with Crippen molar-refractivity contribution in [3.63, 3.8) is 0 Å². The molecule has 2 rings (SSSR count). The maximum Gasteiger partial charge on any atom is 0.342 e. The van der Waals surface area contributed by atoms with Gasteiger partial charge in [-0.3, -0.25) is 0 Å². The number of aromatic hydroxyl groups is 1. The molecule has 0 spiro atoms. The predicted octanol–water partition coefficient (Wildman–Crippen LogP) is 3.07. The number of phenolic OH excluding ortho intramolecular Hbond substituents is 1. The molecule has 0 radical (unpaired) electrons. The molecule has 0 aromatic heterocycles. The quantitative estimate of drug-likeness (QED) is 0.647. The molecule has 0 aliphatic heterocycles. The Kier molecular flexibility index (Phi) is 4.00. The molecule has 0 saturated carbocycles. The van der Waals surface area contributed by atoms with Crippen LogP contribution in [0.5, 0.6) is 11.5 Å². The number of phenols is 1. The number of rotatable bonds is 3. The highest BCUT2D eigenvalue weighted by Gasteiger charge is 2.21. The second-order valence-electron chi connectivity index (χ2n) is 3.94. The van der Waals surface area contributed by atoms with Crippen LogP contribution in [-0.4, -0.2) is 13.5 Å². The highest BCUT2D eigenvalue weighted by atomic mass is 127. The zero-order chi connectivity index (χ0) is 14.0. The lowest BCUT2D eigenvalue weighted by molar-refractivity contribution is 0.444. The van der Waals surface area contributed by atoms with Crippen LogP contribution < -0.4 is 4.18 Å². The average molecular weight is 390 g/mol. The number of aryl methyl sites for hydroxylation is 1. The van der Waals surface area contributed by atoms with E-state index in [4.69, 9.17) is 4.18 Å². The Hall–Kier alpha value is -1.28. The summed E-state index contributed by atoms with van der Waals surface area (Å²) in [5.74, 6) is -0.0750. The number of halogens is 1. The van der Waals surface area contributed by atoms with E-state index in [-0.39, 0.29) is 16.4 Å². The molecule has 1 N–H and O–H groups in total. The molecule has 0 unspecified atom stereocenters. The molecule has 19 heavy (non-hydrogen) atoms. The van der Waals surface area contributed by atoms with Gasteiger partial charge in [0.05, 0.1) is 3.57 Å². The van der Waals surface area contributed by atoms with E-state index >= 15 is 0 Å². The van der Waals surface area contributed by atoms with Crippen molar-refractivity contribution in [3.05, 3.63) is 51.6 Å². The molecule has 6 heteroatoms. The second-order valence-corrected chi connectivity index (χ2v) is 6.62. The summed E-state index contributed by atoms with van der Waals surface area (Å²) in [4.78, 5) is -0.238. The van der Waals surface area contributed by atoms with Gasteiger partial charge in [0.25, 0.3) is 0 Å². The summed E-state index contributed by atoms with van der Waals surface area (Å²) < 4.78 is 29.9. The van der Waals surface area contributed by atoms with Crippen molar-refractivity contribution in [2.75, 3.05) is 0 Å². The van der Waals surface area contributed by atoms with E-state index in [1.54, 1.807) is 37.3 Å². The molecule has 0 amide bonds. The van der Waals surface area contributed by atoms with Gasteiger partial charge in [-0.25, -0.2) is 0 Å². The number of para-hydroxylation sites is 1. The van der Waals surface area contributed by atoms with E-state index in [0.717, 1.165) is 5.56 Å². The van der Waals surface area contributed by atoms with Crippen molar-refractivity contribution >= 4 is 32.7 Å². The molecule has 4 nitrogen and oxygen atoms in total. The molecule has 100 valence electrons. The SMILES string of the molecule is Cc1ccc(S(=O)(=O)Oc2ccccc2I)c(O)c1. The van der Waals surface area contributed by atoms with E-state index in [1.807, 2.05) is 22.6 Å². The zero-order valence-electron chi connectivity index (χ0n) is 10.00. The summed E-state index contributed by atoms with van der Waals surface area (Å²) in [5.41, 5.74) is 0.769. The zero-order valence-corrected chi connectivity index (χ0v) is 13.0. The molecule has 0 fully saturated rings. The summed E-state index contributed by atoms with van der Waals surface area (Å²) >= 11 is 1.98. The van der Waals surface area contributed by atoms with Gasteiger partial charge in [0, 0.05) is 0 Å². The molecule has 0 atom stereocenters. The fourth-order valence-corrected chi connectivity index (χ4v) is 3.18. The van der Waals surface area contributed by atoms with Crippen molar-refractivity contribution < 1.29 is 17.7 Å². The molecule has 0 heterocycles. The summed E-state index contributed by atoms with van der Waals surface area (Å²) in [7, 11) is -4.04. The Balaban J connectivity index is 2.41. The highest BCUT2D eigenvalue weighted by Crippen LogP contribution is 2.28. The van der Waals surface area contributed by atoms with Crippen molar-refractivity contribution in [2.45, 2.75) is 11.8 Å². The number of benzene rings is 2. The Bertz CT molecular complexity index is 710. The lowest BCUT2D eigenvalue weighted by Crippen LogP contribution is -2.10. The molecular formula is C13H11IO4S. The monoisotopic (exact) mass is 390 g/mol. The first-order valence-corrected chi connectivity index (χ1v) is 7.87. The minimum absolute atomic E-state index is 0.238. The summed E-state index contributed by atoms with van der Waals surface area (Å²) in [6, 6.07) is 11.1. The lowest BCUT2D eigenvalue weighted by Gasteiger charge is -2.10. The standard InChI is InChI=1S/C13H11IO4S/c1-9-6-7-13(11(15)8-9)19(16,17)18-12-5-3-2-4-10(12)14/h2-8,15H,1H3. The lowest BCUT2D eigenvalue weighted by atomic mass is 10.2. The van der Waals surface area contributed by atoms with Crippen molar-refractivity contribution in [3.8, 4) is 11.5 Å². The molecule has 0 saturated heterocycles. The summed E-state index contributed by atoms with van der Waals surface area (Å²) in [6.45, 7) is 1.76. The maximum absolute atomic E-state index is 12.1. The van der Waals surface area contributed by atoms with E-state index in [0.29, 0.717) is 3.57 Å². The highest BCUT2D eigenvalue weighted by molar-refractivity contribution is 14.1. The van der Waals surface area contributed by atoms with Gasteiger partial charge in [0.15, 0.2) is 5.75 Å². The molecular weight excluding hydrogens is 379 g/mol. The third-order valence-electron chi connectivity index (χ3n) is 2.42. The fourth-order valence-electron chi connectivity index (χ4n) is 1.51. The van der Waals surface area contributed by atoms with Crippen molar-refractivity contribution in [1.82, 2.24) is 0 Å². The van der Waals surface area contributed by atoms with Crippen LogP contribution in [0.2, 0.25) is 0 Å². The first kappa shape index (κ1) is 14.1. The van der Waals surface area contributed by atoms with Crippen LogP contribution in [0.25, 0.3) is 0 Å². The van der Waals surface area contributed by atoms with Gasteiger partial charge in [-0.05, 0) is 59.3 Å². The van der Waals surface area contributed by atoms with Crippen LogP contribution in [0.4, 0.5) is 0 Å². The molecule has 0 aliphatic carbocycles. The van der Waals surface area contributed by atoms with Gasteiger partial charge in [0.2, 0.25) is 0 Å². The maximum atomic E-state index is 12.1. The van der Waals surface area contributed by atoms with Gasteiger partial charge < -0.3 is 9.29 Å². The van der Waals surface area contributed by atoms with E-state index < -0.39 is 10.1 Å². The Morgan fingerprint density at radius 1 is 1.16 bits per heavy atom. The summed E-state index contributed by atoms with van der Waals surface area (Å²) in [5, 5.41) is 9.71. The first-order valence-electron chi connectivity index (χ1n) is 5.39. The minimum atomic E-state index is -4.04. The fraction of sp³-hybridized carbons (Fsp3) is 0.0769. The minimum Gasteiger partial charge on any atom is -0.506 e. The third-order valence-corrected chi connectivity index (χ3v) is 4.59. The smallest absolute Gasteiger partial charge is 0.342 e. The Morgan fingerprint density at radius 3 is 2.47 bits per heavy atom. The first-order chi connectivity index (χ1) is 8.90. The van der Waals surface area contributed by atoms with Crippen molar-refractivity contribution in [2.24, 2.45) is 0 Å². The second kappa shape index (κ2) is 5.38. The summed E-state index contributed by atoms with van der Waals surface area (Å²) in [6.07, 6.45) is 0. The molecule has 2 aromatic rings. The molecule has 0 bridgehead atoms. The van der Waals surface area contributed by atoms with Crippen LogP contribution in [0.15, 0.2) is 47.4 Å². The van der Waals surface area contributed by atoms with Crippen LogP contribution in [0.1, 0.15) is 5.56 Å². The van der Waals surface area contributed by atoms with Gasteiger partial charge >= 0.3 is 10.1 Å². The largest absolute Gasteiger partial charge is 0.506 e. The van der Waals surface area contributed by atoms with Gasteiger partial charge in [-0.2, -0.15) is 8.42 Å². The molecule has 2 aromatic carbocycles. The average Bonchev–Trinajstić information content (AvgIpc) is 2.31. The topological polar surface area (TPSA) is 63.6 Å². The van der Waals surface area contributed by atoms with E-state index in [9.17, 15) is 13.5 Å². The van der Waals surface area contributed by atoms with Crippen LogP contribution in [-0.2, 0) is 10.1 Å². The van der Waals surface area contributed by atoms with Gasteiger partial charge in [0.1, 0.15) is 10.6 Å². The van der Waals surface area contributed by atoms with Gasteiger partial charge in [-0.1, -0.05) is 18.2 Å². The van der Waals surface area contributed by atoms with Crippen LogP contribution >= 0.6 is 22.6 Å². The predicted molar refractivity (Wildman–Crippen MR) is 79.8 cm³/mol. The van der Waals surface area contributed by atoms with Gasteiger partial charge in [-0.15, -0.1) is 0 Å². The van der Waals surface area contributed by atoms with Crippen LogP contribution in [0.3, 0.4) is 0 Å². The Morgan fingerprint density at radius 2 is 1.84 bits per heavy atom. The number of hydrogen-bond donors (Lipinski definition) is 1. The third kappa shape index (κ3) is 3.19. The van der Waals surface area contributed by atoms with E-state index in [1.165, 1.54) is 12.1 Å². The van der Waals surface area contributed by atoms with E-state index in [2.05, 4.69) is 0 Å². The number of hydrogen-bond acceptors (Lipinski definition) is 4.